The van der Waals surface area contributed by atoms with Crippen LogP contribution in [-0.4, -0.2) is 26.7 Å². The zero-order valence-electron chi connectivity index (χ0n) is 9.54. The number of aromatic nitrogens is 4. The van der Waals surface area contributed by atoms with Crippen molar-refractivity contribution in [3.05, 3.63) is 5.69 Å². The molecule has 0 bridgehead atoms. The van der Waals surface area contributed by atoms with Gasteiger partial charge in [-0.2, -0.15) is 10.1 Å². The van der Waals surface area contributed by atoms with Gasteiger partial charge in [-0.3, -0.25) is 5.10 Å². The topological polar surface area (TPSA) is 92.5 Å². The Bertz CT molecular complexity index is 489. The van der Waals surface area contributed by atoms with E-state index in [1.54, 1.807) is 0 Å². The summed E-state index contributed by atoms with van der Waals surface area (Å²) in [5, 5.41) is 10.3. The number of hydrogen-bond acceptors (Lipinski definition) is 5. The van der Waals surface area contributed by atoms with Crippen LogP contribution in [0.4, 0.5) is 11.8 Å². The highest BCUT2D eigenvalue weighted by Crippen LogP contribution is 2.20. The molecule has 0 aromatic carbocycles. The van der Waals surface area contributed by atoms with Crippen LogP contribution < -0.4 is 11.1 Å². The molecule has 0 aliphatic heterocycles. The van der Waals surface area contributed by atoms with Crippen molar-refractivity contribution in [3.63, 3.8) is 0 Å². The van der Waals surface area contributed by atoms with E-state index in [4.69, 9.17) is 5.73 Å². The van der Waals surface area contributed by atoms with E-state index in [2.05, 4.69) is 32.4 Å². The van der Waals surface area contributed by atoms with Gasteiger partial charge in [-0.25, -0.2) is 4.98 Å². The number of nitrogens with two attached hydrogens (primary N) is 1. The van der Waals surface area contributed by atoms with Gasteiger partial charge >= 0.3 is 0 Å². The van der Waals surface area contributed by atoms with Gasteiger partial charge in [0.25, 0.3) is 0 Å². The Morgan fingerprint density at radius 3 is 2.88 bits per heavy atom. The number of nitrogen functional groups attached to an aromatic ring is 1. The molecule has 86 valence electrons. The molecule has 2 heterocycles. The number of aromatic amines is 1. The second-order valence-corrected chi connectivity index (χ2v) is 3.76. The van der Waals surface area contributed by atoms with Gasteiger partial charge in [-0.1, -0.05) is 13.3 Å². The van der Waals surface area contributed by atoms with E-state index in [9.17, 15) is 0 Å². The number of rotatable bonds is 4. The average Bonchev–Trinajstić information content (AvgIpc) is 2.61. The van der Waals surface area contributed by atoms with E-state index < -0.39 is 0 Å². The Balaban J connectivity index is 2.35. The van der Waals surface area contributed by atoms with Gasteiger partial charge in [0.15, 0.2) is 11.3 Å². The minimum atomic E-state index is 0.274. The number of nitrogens with one attached hydrogen (secondary N) is 2. The molecule has 0 spiro atoms. The SMILES string of the molecule is CCCCNc1nc(N)nc2c(C)[nH]nc12. The van der Waals surface area contributed by atoms with Gasteiger partial charge in [-0.05, 0) is 13.3 Å². The Morgan fingerprint density at radius 1 is 1.31 bits per heavy atom. The van der Waals surface area contributed by atoms with E-state index in [0.717, 1.165) is 36.1 Å². The summed E-state index contributed by atoms with van der Waals surface area (Å²) in [5.74, 6) is 0.983. The highest BCUT2D eigenvalue weighted by atomic mass is 15.2. The molecule has 0 aliphatic rings. The fourth-order valence-electron chi connectivity index (χ4n) is 1.54. The number of hydrogen-bond donors (Lipinski definition) is 3. The number of nitrogens with zero attached hydrogens (tertiary/aromatic N) is 3. The largest absolute Gasteiger partial charge is 0.368 e. The first-order valence-electron chi connectivity index (χ1n) is 5.44. The Morgan fingerprint density at radius 2 is 2.12 bits per heavy atom. The van der Waals surface area contributed by atoms with Crippen LogP contribution in [-0.2, 0) is 0 Å². The first kappa shape index (κ1) is 10.7. The minimum absolute atomic E-state index is 0.274. The van der Waals surface area contributed by atoms with Crippen LogP contribution in [0.25, 0.3) is 11.0 Å². The van der Waals surface area contributed by atoms with E-state index in [1.165, 1.54) is 0 Å². The number of H-pyrrole nitrogens is 1. The maximum absolute atomic E-state index is 5.65. The molecule has 0 fully saturated rings. The van der Waals surface area contributed by atoms with Crippen molar-refractivity contribution >= 4 is 22.8 Å². The van der Waals surface area contributed by atoms with Gasteiger partial charge in [0, 0.05) is 6.54 Å². The molecule has 16 heavy (non-hydrogen) atoms. The van der Waals surface area contributed by atoms with Gasteiger partial charge in [-0.15, -0.1) is 0 Å². The predicted octanol–water partition coefficient (Wildman–Crippen LogP) is 1.46. The molecule has 0 saturated carbocycles. The molecule has 0 saturated heterocycles. The van der Waals surface area contributed by atoms with Crippen molar-refractivity contribution < 1.29 is 0 Å². The Labute approximate surface area is 93.7 Å². The molecular weight excluding hydrogens is 204 g/mol. The Kier molecular flexibility index (Phi) is 2.89. The van der Waals surface area contributed by atoms with Crippen molar-refractivity contribution in [3.8, 4) is 0 Å². The summed E-state index contributed by atoms with van der Waals surface area (Å²) in [6.45, 7) is 4.93. The molecule has 6 nitrogen and oxygen atoms in total. The summed E-state index contributed by atoms with van der Waals surface area (Å²) >= 11 is 0. The summed E-state index contributed by atoms with van der Waals surface area (Å²) in [6, 6.07) is 0. The summed E-state index contributed by atoms with van der Waals surface area (Å²) in [5.41, 5.74) is 8.09. The lowest BCUT2D eigenvalue weighted by atomic mass is 10.3. The van der Waals surface area contributed by atoms with Gasteiger partial charge in [0.05, 0.1) is 5.69 Å². The monoisotopic (exact) mass is 220 g/mol. The van der Waals surface area contributed by atoms with Gasteiger partial charge in [0.2, 0.25) is 5.95 Å². The molecule has 2 aromatic rings. The summed E-state index contributed by atoms with van der Waals surface area (Å²) in [6.07, 6.45) is 2.23. The second-order valence-electron chi connectivity index (χ2n) is 3.76. The van der Waals surface area contributed by atoms with Crippen LogP contribution in [0.3, 0.4) is 0 Å². The van der Waals surface area contributed by atoms with Crippen LogP contribution >= 0.6 is 0 Å². The second kappa shape index (κ2) is 4.34. The highest BCUT2D eigenvalue weighted by molar-refractivity contribution is 5.87. The van der Waals surface area contributed by atoms with E-state index in [0.29, 0.717) is 5.82 Å². The molecule has 0 aliphatic carbocycles. The summed E-state index contributed by atoms with van der Waals surface area (Å²) in [4.78, 5) is 8.32. The molecule has 2 rings (SSSR count). The van der Waals surface area contributed by atoms with Crippen molar-refractivity contribution in [2.75, 3.05) is 17.6 Å². The van der Waals surface area contributed by atoms with Gasteiger partial charge < -0.3 is 11.1 Å². The molecule has 0 atom stereocenters. The van der Waals surface area contributed by atoms with Crippen LogP contribution in [0, 0.1) is 6.92 Å². The third-order valence-electron chi connectivity index (χ3n) is 2.41. The fraction of sp³-hybridized carbons (Fsp3) is 0.500. The summed E-state index contributed by atoms with van der Waals surface area (Å²) < 4.78 is 0. The lowest BCUT2D eigenvalue weighted by Crippen LogP contribution is -2.06. The van der Waals surface area contributed by atoms with Crippen LogP contribution in [0.15, 0.2) is 0 Å². The third-order valence-corrected chi connectivity index (χ3v) is 2.41. The van der Waals surface area contributed by atoms with E-state index >= 15 is 0 Å². The first-order chi connectivity index (χ1) is 7.72. The number of unbranched alkanes of at least 4 members (excludes halogenated alkanes) is 1. The Hall–Kier alpha value is -1.85. The zero-order valence-corrected chi connectivity index (χ0v) is 9.54. The lowest BCUT2D eigenvalue weighted by Gasteiger charge is -2.05. The van der Waals surface area contributed by atoms with Crippen LogP contribution in [0.5, 0.6) is 0 Å². The zero-order chi connectivity index (χ0) is 11.5. The van der Waals surface area contributed by atoms with Crippen molar-refractivity contribution in [1.82, 2.24) is 20.2 Å². The van der Waals surface area contributed by atoms with Crippen molar-refractivity contribution in [2.45, 2.75) is 26.7 Å². The quantitative estimate of drug-likeness (QED) is 0.678. The molecule has 0 unspecified atom stereocenters. The smallest absolute Gasteiger partial charge is 0.222 e. The maximum Gasteiger partial charge on any atom is 0.222 e. The predicted molar refractivity (Wildman–Crippen MR) is 64.2 cm³/mol. The van der Waals surface area contributed by atoms with Crippen molar-refractivity contribution in [2.24, 2.45) is 0 Å². The maximum atomic E-state index is 5.65. The van der Waals surface area contributed by atoms with E-state index in [-0.39, 0.29) is 5.95 Å². The molecular formula is C10H16N6. The number of fused-ring (bicyclic) bond motifs is 1. The molecule has 0 radical (unpaired) electrons. The average molecular weight is 220 g/mol. The highest BCUT2D eigenvalue weighted by Gasteiger charge is 2.10. The number of anilines is 2. The standard InChI is InChI=1S/C10H16N6/c1-3-4-5-12-9-8-7(6(2)15-16-8)13-10(11)14-9/h3-5H2,1-2H3,(H,15,16)(H3,11,12,13,14). The first-order valence-corrected chi connectivity index (χ1v) is 5.44. The summed E-state index contributed by atoms with van der Waals surface area (Å²) in [7, 11) is 0. The molecule has 0 amide bonds. The molecule has 4 N–H and O–H groups in total. The van der Waals surface area contributed by atoms with Crippen LogP contribution in [0.1, 0.15) is 25.5 Å². The molecule has 2 aromatic heterocycles. The van der Waals surface area contributed by atoms with Gasteiger partial charge in [0.1, 0.15) is 5.52 Å². The third kappa shape index (κ3) is 1.91. The number of aryl methyl sites for hydroxylation is 1. The normalized spacial score (nSPS) is 10.9. The molecule has 6 heteroatoms. The van der Waals surface area contributed by atoms with Crippen molar-refractivity contribution in [1.29, 1.82) is 0 Å². The van der Waals surface area contributed by atoms with E-state index in [1.807, 2.05) is 6.92 Å². The minimum Gasteiger partial charge on any atom is -0.368 e. The lowest BCUT2D eigenvalue weighted by molar-refractivity contribution is 0.831. The van der Waals surface area contributed by atoms with Crippen LogP contribution in [0.2, 0.25) is 0 Å². The fourth-order valence-corrected chi connectivity index (χ4v) is 1.54.